The van der Waals surface area contributed by atoms with E-state index in [0.29, 0.717) is 12.0 Å². The highest BCUT2D eigenvalue weighted by molar-refractivity contribution is 4.80. The fraction of sp³-hybridized carbons (Fsp3) is 1.00. The summed E-state index contributed by atoms with van der Waals surface area (Å²) in [5, 5.41) is 3.66. The van der Waals surface area contributed by atoms with Crippen LogP contribution in [-0.4, -0.2) is 25.8 Å². The van der Waals surface area contributed by atoms with Crippen molar-refractivity contribution in [2.45, 2.75) is 46.1 Å². The Morgan fingerprint density at radius 1 is 1.43 bits per heavy atom. The van der Waals surface area contributed by atoms with Gasteiger partial charge in [0.05, 0.1) is 6.61 Å². The van der Waals surface area contributed by atoms with Crippen LogP contribution in [0.3, 0.4) is 0 Å². The molecule has 0 saturated carbocycles. The first-order chi connectivity index (χ1) is 6.75. The molecule has 1 aliphatic heterocycles. The molecule has 0 aliphatic carbocycles. The molecule has 84 valence electrons. The van der Waals surface area contributed by atoms with E-state index in [1.165, 1.54) is 19.3 Å². The summed E-state index contributed by atoms with van der Waals surface area (Å²) >= 11 is 0. The molecule has 2 nitrogen and oxygen atoms in total. The van der Waals surface area contributed by atoms with Gasteiger partial charge in [-0.1, -0.05) is 20.8 Å². The van der Waals surface area contributed by atoms with Gasteiger partial charge in [-0.3, -0.25) is 0 Å². The van der Waals surface area contributed by atoms with Crippen LogP contribution < -0.4 is 5.32 Å². The van der Waals surface area contributed by atoms with Crippen molar-refractivity contribution < 1.29 is 4.74 Å². The third kappa shape index (κ3) is 3.58. The predicted octanol–water partition coefficient (Wildman–Crippen LogP) is 2.44. The monoisotopic (exact) mass is 199 g/mol. The second-order valence-corrected chi connectivity index (χ2v) is 4.70. The quantitative estimate of drug-likeness (QED) is 0.734. The molecule has 1 N–H and O–H groups in total. The molecular formula is C12H25NO. The Bertz CT molecular complexity index is 141. The molecule has 0 aromatic rings. The fourth-order valence-electron chi connectivity index (χ4n) is 2.31. The normalized spacial score (nSPS) is 25.3. The molecule has 1 fully saturated rings. The zero-order valence-electron chi connectivity index (χ0n) is 9.88. The number of ether oxygens (including phenoxy) is 1. The second kappa shape index (κ2) is 6.41. The molecule has 1 aliphatic rings. The maximum absolute atomic E-state index is 5.55. The van der Waals surface area contributed by atoms with Crippen LogP contribution >= 0.6 is 0 Å². The van der Waals surface area contributed by atoms with Crippen LogP contribution in [-0.2, 0) is 4.74 Å². The maximum atomic E-state index is 5.55. The van der Waals surface area contributed by atoms with Crippen molar-refractivity contribution in [3.63, 3.8) is 0 Å². The molecule has 1 saturated heterocycles. The molecule has 14 heavy (non-hydrogen) atoms. The van der Waals surface area contributed by atoms with Crippen LogP contribution in [0.2, 0.25) is 0 Å². The van der Waals surface area contributed by atoms with Crippen LogP contribution in [0.1, 0.15) is 40.0 Å². The van der Waals surface area contributed by atoms with Crippen LogP contribution in [0, 0.1) is 11.8 Å². The van der Waals surface area contributed by atoms with Gasteiger partial charge in [0.1, 0.15) is 0 Å². The fourth-order valence-corrected chi connectivity index (χ4v) is 2.31. The largest absolute Gasteiger partial charge is 0.381 e. The minimum absolute atomic E-state index is 0.648. The number of rotatable bonds is 5. The summed E-state index contributed by atoms with van der Waals surface area (Å²) < 4.78 is 5.55. The van der Waals surface area contributed by atoms with Crippen molar-refractivity contribution in [2.24, 2.45) is 11.8 Å². The Morgan fingerprint density at radius 3 is 2.71 bits per heavy atom. The lowest BCUT2D eigenvalue weighted by molar-refractivity contribution is 0.0316. The zero-order valence-corrected chi connectivity index (χ0v) is 9.88. The molecule has 0 spiro atoms. The van der Waals surface area contributed by atoms with Gasteiger partial charge in [0.25, 0.3) is 0 Å². The van der Waals surface area contributed by atoms with Crippen molar-refractivity contribution in [3.8, 4) is 0 Å². The summed E-state index contributed by atoms with van der Waals surface area (Å²) in [6.07, 6.45) is 3.79. The highest BCUT2D eigenvalue weighted by atomic mass is 16.5. The van der Waals surface area contributed by atoms with Gasteiger partial charge in [0.15, 0.2) is 0 Å². The van der Waals surface area contributed by atoms with Gasteiger partial charge < -0.3 is 10.1 Å². The molecule has 0 amide bonds. The summed E-state index contributed by atoms with van der Waals surface area (Å²) in [5.41, 5.74) is 0. The first-order valence-corrected chi connectivity index (χ1v) is 6.06. The number of hydrogen-bond donors (Lipinski definition) is 1. The molecular weight excluding hydrogens is 174 g/mol. The van der Waals surface area contributed by atoms with Crippen LogP contribution in [0.25, 0.3) is 0 Å². The van der Waals surface area contributed by atoms with Gasteiger partial charge in [-0.15, -0.1) is 0 Å². The van der Waals surface area contributed by atoms with E-state index in [0.717, 1.165) is 25.7 Å². The number of hydrogen-bond acceptors (Lipinski definition) is 2. The average Bonchev–Trinajstić information content (AvgIpc) is 2.19. The first kappa shape index (κ1) is 12.0. The molecule has 1 rings (SSSR count). The Kier molecular flexibility index (Phi) is 5.49. The van der Waals surface area contributed by atoms with E-state index in [1.54, 1.807) is 0 Å². The van der Waals surface area contributed by atoms with E-state index < -0.39 is 0 Å². The van der Waals surface area contributed by atoms with Crippen LogP contribution in [0.4, 0.5) is 0 Å². The molecule has 2 atom stereocenters. The topological polar surface area (TPSA) is 21.3 Å². The lowest BCUT2D eigenvalue weighted by Crippen LogP contribution is -2.44. The van der Waals surface area contributed by atoms with Gasteiger partial charge >= 0.3 is 0 Å². The maximum Gasteiger partial charge on any atom is 0.0509 e. The Balaban J connectivity index is 2.39. The zero-order chi connectivity index (χ0) is 10.4. The molecule has 2 heteroatoms. The van der Waals surface area contributed by atoms with E-state index in [2.05, 4.69) is 26.1 Å². The van der Waals surface area contributed by atoms with Crippen molar-refractivity contribution >= 4 is 0 Å². The van der Waals surface area contributed by atoms with Crippen molar-refractivity contribution in [2.75, 3.05) is 19.8 Å². The molecule has 0 bridgehead atoms. The van der Waals surface area contributed by atoms with E-state index in [4.69, 9.17) is 4.74 Å². The SMILES string of the molecule is CCCNC(C(C)C)C1CCCOC1. The molecule has 1 heterocycles. The highest BCUT2D eigenvalue weighted by Gasteiger charge is 2.25. The van der Waals surface area contributed by atoms with Crippen molar-refractivity contribution in [1.29, 1.82) is 0 Å². The minimum atomic E-state index is 0.648. The molecule has 0 aromatic heterocycles. The molecule has 2 unspecified atom stereocenters. The molecule has 0 radical (unpaired) electrons. The first-order valence-electron chi connectivity index (χ1n) is 6.06. The lowest BCUT2D eigenvalue weighted by atomic mass is 9.86. The summed E-state index contributed by atoms with van der Waals surface area (Å²) in [6.45, 7) is 9.90. The van der Waals surface area contributed by atoms with Gasteiger partial charge in [0, 0.05) is 12.6 Å². The van der Waals surface area contributed by atoms with Gasteiger partial charge in [-0.2, -0.15) is 0 Å². The summed E-state index contributed by atoms with van der Waals surface area (Å²) in [7, 11) is 0. The van der Waals surface area contributed by atoms with E-state index in [1.807, 2.05) is 0 Å². The Morgan fingerprint density at radius 2 is 2.21 bits per heavy atom. The Hall–Kier alpha value is -0.0800. The van der Waals surface area contributed by atoms with Gasteiger partial charge in [-0.05, 0) is 37.6 Å². The second-order valence-electron chi connectivity index (χ2n) is 4.70. The smallest absolute Gasteiger partial charge is 0.0509 e. The van der Waals surface area contributed by atoms with E-state index in [-0.39, 0.29) is 0 Å². The lowest BCUT2D eigenvalue weighted by Gasteiger charge is -2.33. The standard InChI is InChI=1S/C12H25NO/c1-4-7-13-12(10(2)3)11-6-5-8-14-9-11/h10-13H,4-9H2,1-3H3. The third-order valence-electron chi connectivity index (χ3n) is 3.05. The molecule has 0 aromatic carbocycles. The third-order valence-corrected chi connectivity index (χ3v) is 3.05. The van der Waals surface area contributed by atoms with Crippen LogP contribution in [0.5, 0.6) is 0 Å². The van der Waals surface area contributed by atoms with Crippen molar-refractivity contribution in [1.82, 2.24) is 5.32 Å². The van der Waals surface area contributed by atoms with Gasteiger partial charge in [0.2, 0.25) is 0 Å². The summed E-state index contributed by atoms with van der Waals surface area (Å²) in [5.74, 6) is 1.45. The summed E-state index contributed by atoms with van der Waals surface area (Å²) in [6, 6.07) is 0.648. The van der Waals surface area contributed by atoms with E-state index >= 15 is 0 Å². The van der Waals surface area contributed by atoms with Crippen LogP contribution in [0.15, 0.2) is 0 Å². The average molecular weight is 199 g/mol. The number of nitrogens with one attached hydrogen (secondary N) is 1. The van der Waals surface area contributed by atoms with Gasteiger partial charge in [-0.25, -0.2) is 0 Å². The van der Waals surface area contributed by atoms with E-state index in [9.17, 15) is 0 Å². The predicted molar refractivity (Wildman–Crippen MR) is 60.5 cm³/mol. The Labute approximate surface area is 88.4 Å². The van der Waals surface area contributed by atoms with Crippen molar-refractivity contribution in [3.05, 3.63) is 0 Å². The highest BCUT2D eigenvalue weighted by Crippen LogP contribution is 2.22. The minimum Gasteiger partial charge on any atom is -0.381 e. The summed E-state index contributed by atoms with van der Waals surface area (Å²) in [4.78, 5) is 0.